The van der Waals surface area contributed by atoms with Crippen LogP contribution in [-0.2, 0) is 6.42 Å². The summed E-state index contributed by atoms with van der Waals surface area (Å²) in [5, 5.41) is 16.3. The van der Waals surface area contributed by atoms with Gasteiger partial charge in [-0.3, -0.25) is 0 Å². The molecule has 0 spiro atoms. The minimum atomic E-state index is 0.985. The minimum Gasteiger partial charge on any atom is -0.320 e. The van der Waals surface area contributed by atoms with Gasteiger partial charge in [0.1, 0.15) is 10.0 Å². The van der Waals surface area contributed by atoms with Crippen LogP contribution >= 0.6 is 27.3 Å². The summed E-state index contributed by atoms with van der Waals surface area (Å²) in [7, 11) is 1.97. The molecule has 0 fully saturated rings. The zero-order valence-electron chi connectivity index (χ0n) is 11.8. The fraction of sp³-hybridized carbons (Fsp3) is 0.250. The Morgan fingerprint density at radius 2 is 1.90 bits per heavy atom. The topological polar surface area (TPSA) is 37.8 Å². The zero-order chi connectivity index (χ0) is 14.7. The molecule has 21 heavy (non-hydrogen) atoms. The van der Waals surface area contributed by atoms with E-state index in [0.717, 1.165) is 39.4 Å². The van der Waals surface area contributed by atoms with E-state index in [0.29, 0.717) is 0 Å². The summed E-state index contributed by atoms with van der Waals surface area (Å²) < 4.78 is 1.10. The first-order valence-corrected chi connectivity index (χ1v) is 8.54. The Kier molecular flexibility index (Phi) is 4.63. The van der Waals surface area contributed by atoms with Crippen LogP contribution in [-0.4, -0.2) is 23.8 Å². The number of fused-ring (bicyclic) bond motifs is 1. The van der Waals surface area contributed by atoms with Gasteiger partial charge in [0, 0.05) is 16.5 Å². The predicted molar refractivity (Wildman–Crippen MR) is 92.8 cm³/mol. The molecule has 0 saturated carbocycles. The molecule has 0 aliphatic heterocycles. The Balaban J connectivity index is 1.84. The van der Waals surface area contributed by atoms with Crippen LogP contribution in [0.2, 0.25) is 0 Å². The Morgan fingerprint density at radius 1 is 1.10 bits per heavy atom. The normalized spacial score (nSPS) is 11.1. The molecule has 0 atom stereocenters. The molecular weight excluding hydrogens is 346 g/mol. The first kappa shape index (κ1) is 14.6. The molecular formula is C16H16BrN3S. The van der Waals surface area contributed by atoms with E-state index < -0.39 is 0 Å². The number of nitrogens with one attached hydrogen (secondary N) is 1. The van der Waals surface area contributed by atoms with E-state index in [-0.39, 0.29) is 0 Å². The lowest BCUT2D eigenvalue weighted by Crippen LogP contribution is -2.08. The molecule has 1 heterocycles. The van der Waals surface area contributed by atoms with Crippen LogP contribution in [0.5, 0.6) is 0 Å². The fourth-order valence-electron chi connectivity index (χ4n) is 2.24. The highest BCUT2D eigenvalue weighted by Gasteiger charge is 2.07. The maximum absolute atomic E-state index is 4.33. The smallest absolute Gasteiger partial charge is 0.147 e. The zero-order valence-corrected chi connectivity index (χ0v) is 14.2. The van der Waals surface area contributed by atoms with E-state index in [1.807, 2.05) is 7.05 Å². The second-order valence-corrected chi connectivity index (χ2v) is 6.89. The minimum absolute atomic E-state index is 0.985. The van der Waals surface area contributed by atoms with Crippen LogP contribution in [0.1, 0.15) is 11.4 Å². The van der Waals surface area contributed by atoms with Crippen molar-refractivity contribution in [3.8, 4) is 10.6 Å². The average molecular weight is 362 g/mol. The molecule has 0 unspecified atom stereocenters. The van der Waals surface area contributed by atoms with Gasteiger partial charge in [-0.15, -0.1) is 10.2 Å². The van der Waals surface area contributed by atoms with Crippen LogP contribution in [0.3, 0.4) is 0 Å². The van der Waals surface area contributed by atoms with E-state index in [9.17, 15) is 0 Å². The molecule has 1 N–H and O–H groups in total. The molecule has 0 radical (unpaired) electrons. The highest BCUT2D eigenvalue weighted by molar-refractivity contribution is 9.10. The summed E-state index contributed by atoms with van der Waals surface area (Å²) in [5.74, 6) is 0. The molecule has 0 amide bonds. The molecule has 3 nitrogen and oxygen atoms in total. The van der Waals surface area contributed by atoms with Crippen LogP contribution in [0.15, 0.2) is 40.9 Å². The van der Waals surface area contributed by atoms with Gasteiger partial charge in [-0.25, -0.2) is 0 Å². The first-order chi connectivity index (χ1) is 10.3. The van der Waals surface area contributed by atoms with E-state index >= 15 is 0 Å². The van der Waals surface area contributed by atoms with Gasteiger partial charge in [0.15, 0.2) is 0 Å². The van der Waals surface area contributed by atoms with Crippen molar-refractivity contribution in [1.29, 1.82) is 0 Å². The van der Waals surface area contributed by atoms with Crippen molar-refractivity contribution < 1.29 is 0 Å². The molecule has 0 saturated heterocycles. The largest absolute Gasteiger partial charge is 0.320 e. The standard InChI is InChI=1S/C16H16BrN3S/c1-18-8-2-3-15-19-20-16(21-15)13-5-4-12-10-14(17)7-6-11(12)9-13/h4-7,9-10,18H,2-3,8H2,1H3. The van der Waals surface area contributed by atoms with E-state index in [4.69, 9.17) is 0 Å². The van der Waals surface area contributed by atoms with Crippen molar-refractivity contribution >= 4 is 38.0 Å². The molecule has 0 bridgehead atoms. The molecule has 5 heteroatoms. The Hall–Kier alpha value is -1.30. The molecule has 2 aromatic carbocycles. The van der Waals surface area contributed by atoms with Gasteiger partial charge in [0.25, 0.3) is 0 Å². The Bertz CT molecular complexity index is 754. The number of benzene rings is 2. The number of rotatable bonds is 5. The van der Waals surface area contributed by atoms with Crippen molar-refractivity contribution in [2.75, 3.05) is 13.6 Å². The maximum Gasteiger partial charge on any atom is 0.147 e. The Morgan fingerprint density at radius 3 is 2.76 bits per heavy atom. The van der Waals surface area contributed by atoms with Gasteiger partial charge in [-0.1, -0.05) is 45.5 Å². The molecule has 3 rings (SSSR count). The van der Waals surface area contributed by atoms with Crippen LogP contribution in [0.25, 0.3) is 21.3 Å². The highest BCUT2D eigenvalue weighted by atomic mass is 79.9. The second kappa shape index (κ2) is 6.64. The molecule has 0 aliphatic carbocycles. The fourth-order valence-corrected chi connectivity index (χ4v) is 3.49. The lowest BCUT2D eigenvalue weighted by Gasteiger charge is -2.01. The second-order valence-electron chi connectivity index (χ2n) is 4.91. The van der Waals surface area contributed by atoms with Crippen LogP contribution in [0.4, 0.5) is 0 Å². The van der Waals surface area contributed by atoms with Gasteiger partial charge in [0.05, 0.1) is 0 Å². The first-order valence-electron chi connectivity index (χ1n) is 6.93. The van der Waals surface area contributed by atoms with E-state index in [1.165, 1.54) is 10.8 Å². The van der Waals surface area contributed by atoms with Gasteiger partial charge in [-0.2, -0.15) is 0 Å². The number of aromatic nitrogens is 2. The number of halogens is 1. The lowest BCUT2D eigenvalue weighted by molar-refractivity contribution is 0.718. The van der Waals surface area contributed by atoms with Crippen molar-refractivity contribution in [3.05, 3.63) is 45.9 Å². The van der Waals surface area contributed by atoms with Gasteiger partial charge < -0.3 is 5.32 Å². The SMILES string of the molecule is CNCCCc1nnc(-c2ccc3cc(Br)ccc3c2)s1. The van der Waals surface area contributed by atoms with Crippen LogP contribution in [0, 0.1) is 0 Å². The lowest BCUT2D eigenvalue weighted by atomic mass is 10.1. The third-order valence-corrected chi connectivity index (χ3v) is 4.86. The highest BCUT2D eigenvalue weighted by Crippen LogP contribution is 2.28. The van der Waals surface area contributed by atoms with Crippen molar-refractivity contribution in [3.63, 3.8) is 0 Å². The number of hydrogen-bond acceptors (Lipinski definition) is 4. The average Bonchev–Trinajstić information content (AvgIpc) is 2.96. The van der Waals surface area contributed by atoms with Crippen molar-refractivity contribution in [2.24, 2.45) is 0 Å². The molecule has 108 valence electrons. The van der Waals surface area contributed by atoms with Gasteiger partial charge >= 0.3 is 0 Å². The molecule has 0 aliphatic rings. The summed E-state index contributed by atoms with van der Waals surface area (Å²) in [6.45, 7) is 1.01. The van der Waals surface area contributed by atoms with Gasteiger partial charge in [0.2, 0.25) is 0 Å². The Labute approximate surface area is 136 Å². The van der Waals surface area contributed by atoms with Crippen molar-refractivity contribution in [2.45, 2.75) is 12.8 Å². The van der Waals surface area contributed by atoms with E-state index in [2.05, 4.69) is 67.8 Å². The maximum atomic E-state index is 4.33. The molecule has 1 aromatic heterocycles. The summed E-state index contributed by atoms with van der Waals surface area (Å²) >= 11 is 5.19. The van der Waals surface area contributed by atoms with Crippen LogP contribution < -0.4 is 5.32 Å². The molecule has 3 aromatic rings. The predicted octanol–water partition coefficient (Wildman–Crippen LogP) is 4.27. The van der Waals surface area contributed by atoms with Gasteiger partial charge in [-0.05, 0) is 49.0 Å². The third-order valence-electron chi connectivity index (χ3n) is 3.33. The summed E-state index contributed by atoms with van der Waals surface area (Å²) in [5.41, 5.74) is 1.14. The summed E-state index contributed by atoms with van der Waals surface area (Å²) in [6.07, 6.45) is 2.08. The quantitative estimate of drug-likeness (QED) is 0.689. The number of hydrogen-bond donors (Lipinski definition) is 1. The van der Waals surface area contributed by atoms with Crippen molar-refractivity contribution in [1.82, 2.24) is 15.5 Å². The van der Waals surface area contributed by atoms with E-state index in [1.54, 1.807) is 11.3 Å². The number of aryl methyl sites for hydroxylation is 1. The number of nitrogens with zero attached hydrogens (tertiary/aromatic N) is 2. The monoisotopic (exact) mass is 361 g/mol. The summed E-state index contributed by atoms with van der Waals surface area (Å²) in [4.78, 5) is 0. The third kappa shape index (κ3) is 3.48. The summed E-state index contributed by atoms with van der Waals surface area (Å²) in [6, 6.07) is 12.7.